The van der Waals surface area contributed by atoms with E-state index in [-0.39, 0.29) is 11.9 Å². The molecule has 152 valence electrons. The van der Waals surface area contributed by atoms with E-state index in [2.05, 4.69) is 36.4 Å². The van der Waals surface area contributed by atoms with Crippen molar-refractivity contribution in [3.8, 4) is 0 Å². The molecule has 0 saturated heterocycles. The van der Waals surface area contributed by atoms with Crippen molar-refractivity contribution in [1.29, 1.82) is 0 Å². The predicted octanol–water partition coefficient (Wildman–Crippen LogP) is 6.26. The molecule has 3 nitrogen and oxygen atoms in total. The van der Waals surface area contributed by atoms with Gasteiger partial charge in [0.25, 0.3) is 0 Å². The van der Waals surface area contributed by atoms with Crippen molar-refractivity contribution in [2.24, 2.45) is 0 Å². The lowest BCUT2D eigenvalue weighted by Gasteiger charge is -2.30. The Bertz CT molecular complexity index is 1120. The molecule has 4 rings (SSSR count). The Hall–Kier alpha value is -3.33. The molecule has 1 aliphatic heterocycles. The van der Waals surface area contributed by atoms with Gasteiger partial charge in [0.2, 0.25) is 0 Å². The number of hydrogen-bond donors (Lipinski definition) is 0. The van der Waals surface area contributed by atoms with E-state index in [1.807, 2.05) is 69.3 Å². The third-order valence-corrected chi connectivity index (χ3v) is 5.65. The number of esters is 1. The fourth-order valence-electron chi connectivity index (χ4n) is 4.33. The van der Waals surface area contributed by atoms with Crippen LogP contribution in [-0.4, -0.2) is 18.2 Å². The van der Waals surface area contributed by atoms with E-state index in [9.17, 15) is 4.79 Å². The second-order valence-electron chi connectivity index (χ2n) is 7.72. The lowest BCUT2D eigenvalue weighted by Crippen LogP contribution is -2.31. The number of hydrogen-bond acceptors (Lipinski definition) is 3. The smallest absolute Gasteiger partial charge is 0.338 e. The number of allylic oxidation sites excluding steroid dienone is 1. The van der Waals surface area contributed by atoms with E-state index in [0.29, 0.717) is 17.9 Å². The van der Waals surface area contributed by atoms with Crippen LogP contribution in [0, 0.1) is 0 Å². The summed E-state index contributed by atoms with van der Waals surface area (Å²) in [6, 6.07) is 24.6. The van der Waals surface area contributed by atoms with Gasteiger partial charge in [0.05, 0.1) is 18.1 Å². The minimum absolute atomic E-state index is 0.275. The Balaban J connectivity index is 1.87. The highest BCUT2D eigenvalue weighted by atomic mass is 16.5. The number of fused-ring (bicyclic) bond motifs is 1. The fraction of sp³-hybridized carbons (Fsp3) is 0.222. The van der Waals surface area contributed by atoms with Crippen molar-refractivity contribution in [2.75, 3.05) is 6.61 Å². The molecular weight excluding hydrogens is 372 g/mol. The van der Waals surface area contributed by atoms with Crippen molar-refractivity contribution in [3.05, 3.63) is 101 Å². The fourth-order valence-corrected chi connectivity index (χ4v) is 4.33. The highest BCUT2D eigenvalue weighted by molar-refractivity contribution is 5.95. The van der Waals surface area contributed by atoms with Gasteiger partial charge in [-0.05, 0) is 48.7 Å². The summed E-state index contributed by atoms with van der Waals surface area (Å²) in [7, 11) is 0. The summed E-state index contributed by atoms with van der Waals surface area (Å²) in [6.07, 6.45) is 4.12. The zero-order chi connectivity index (χ0) is 21.1. The molecule has 0 aliphatic carbocycles. The quantitative estimate of drug-likeness (QED) is 0.476. The van der Waals surface area contributed by atoms with Crippen LogP contribution < -0.4 is 0 Å². The monoisotopic (exact) mass is 398 g/mol. The lowest BCUT2D eigenvalue weighted by molar-refractivity contribution is -0.138. The molecule has 0 N–H and O–H groups in total. The molecule has 3 aromatic carbocycles. The molecule has 1 aliphatic rings. The molecule has 0 saturated carbocycles. The van der Waals surface area contributed by atoms with Crippen LogP contribution in [0.3, 0.4) is 0 Å². The number of carbonyl (C=O) groups excluding carboxylic acids is 1. The van der Waals surface area contributed by atoms with Gasteiger partial charge in [-0.1, -0.05) is 78.9 Å². The summed E-state index contributed by atoms with van der Waals surface area (Å²) < 4.78 is 11.8. The van der Waals surface area contributed by atoms with E-state index >= 15 is 0 Å². The van der Waals surface area contributed by atoms with Crippen molar-refractivity contribution in [1.82, 2.24) is 0 Å². The highest BCUT2D eigenvalue weighted by Crippen LogP contribution is 2.49. The maximum Gasteiger partial charge on any atom is 0.338 e. The predicted molar refractivity (Wildman–Crippen MR) is 121 cm³/mol. The molecule has 3 heteroatoms. The van der Waals surface area contributed by atoms with Gasteiger partial charge in [-0.25, -0.2) is 4.79 Å². The van der Waals surface area contributed by atoms with Gasteiger partial charge in [0, 0.05) is 0 Å². The number of ether oxygens (including phenoxy) is 2. The van der Waals surface area contributed by atoms with Crippen LogP contribution in [-0.2, 0) is 14.3 Å². The van der Waals surface area contributed by atoms with Gasteiger partial charge in [0.15, 0.2) is 0 Å². The van der Waals surface area contributed by atoms with Crippen LogP contribution in [0.5, 0.6) is 0 Å². The van der Waals surface area contributed by atoms with Gasteiger partial charge >= 0.3 is 5.97 Å². The van der Waals surface area contributed by atoms with Crippen LogP contribution in [0.25, 0.3) is 16.8 Å². The molecule has 0 radical (unpaired) electrons. The summed E-state index contributed by atoms with van der Waals surface area (Å²) in [5.41, 5.74) is 2.02. The first kappa shape index (κ1) is 20.0. The Morgan fingerprint density at radius 3 is 2.50 bits per heavy atom. The maximum atomic E-state index is 13.0. The first-order valence-electron chi connectivity index (χ1n) is 10.3. The Kier molecular flexibility index (Phi) is 5.45. The third kappa shape index (κ3) is 3.63. The van der Waals surface area contributed by atoms with Crippen LogP contribution >= 0.6 is 0 Å². The van der Waals surface area contributed by atoms with E-state index in [0.717, 1.165) is 21.9 Å². The molecule has 0 bridgehead atoms. The van der Waals surface area contributed by atoms with Gasteiger partial charge in [-0.15, -0.1) is 0 Å². The molecule has 2 atom stereocenters. The Morgan fingerprint density at radius 2 is 1.73 bits per heavy atom. The summed E-state index contributed by atoms with van der Waals surface area (Å²) in [5.74, 6) is 0.0268. The number of carbonyl (C=O) groups is 1. The zero-order valence-electron chi connectivity index (χ0n) is 17.6. The van der Waals surface area contributed by atoms with Crippen molar-refractivity contribution in [3.63, 3.8) is 0 Å². The highest BCUT2D eigenvalue weighted by Gasteiger charge is 2.48. The van der Waals surface area contributed by atoms with Crippen LogP contribution in [0.2, 0.25) is 0 Å². The van der Waals surface area contributed by atoms with Gasteiger partial charge < -0.3 is 9.47 Å². The molecule has 0 unspecified atom stereocenters. The third-order valence-electron chi connectivity index (χ3n) is 5.65. The van der Waals surface area contributed by atoms with Crippen molar-refractivity contribution in [2.45, 2.75) is 32.3 Å². The molecular formula is C27H26O3. The van der Waals surface area contributed by atoms with E-state index in [1.165, 1.54) is 0 Å². The topological polar surface area (TPSA) is 35.5 Å². The molecule has 3 aromatic rings. The summed E-state index contributed by atoms with van der Waals surface area (Å²) in [5, 5.41) is 2.25. The summed E-state index contributed by atoms with van der Waals surface area (Å²) in [4.78, 5) is 13.0. The molecule has 1 heterocycles. The first-order chi connectivity index (χ1) is 14.5. The maximum absolute atomic E-state index is 13.0. The average molecular weight is 399 g/mol. The summed E-state index contributed by atoms with van der Waals surface area (Å²) in [6.45, 7) is 6.04. The number of benzene rings is 3. The first-order valence-corrected chi connectivity index (χ1v) is 10.3. The van der Waals surface area contributed by atoms with E-state index < -0.39 is 5.60 Å². The van der Waals surface area contributed by atoms with E-state index in [1.54, 1.807) is 0 Å². The molecule has 0 amide bonds. The molecule has 0 fully saturated rings. The average Bonchev–Trinajstić information content (AvgIpc) is 3.03. The second-order valence-corrected chi connectivity index (χ2v) is 7.72. The molecule has 0 spiro atoms. The van der Waals surface area contributed by atoms with Crippen LogP contribution in [0.4, 0.5) is 0 Å². The van der Waals surface area contributed by atoms with Crippen molar-refractivity contribution < 1.29 is 14.3 Å². The standard InChI is InChI=1S/C27H26O3/c1-4-29-26(28)24-19(2)30-27(3,18-17-20-11-6-5-7-12-20)25(24)23-16-10-14-21-13-8-9-15-22(21)23/h5-18,25H,4H2,1-3H3/b18-17-/t25-,27+/m1/s1. The minimum atomic E-state index is -0.716. The van der Waals surface area contributed by atoms with Crippen molar-refractivity contribution >= 4 is 22.8 Å². The lowest BCUT2D eigenvalue weighted by atomic mass is 9.77. The van der Waals surface area contributed by atoms with Crippen LogP contribution in [0.15, 0.2) is 90.2 Å². The largest absolute Gasteiger partial charge is 0.487 e. The summed E-state index contributed by atoms with van der Waals surface area (Å²) >= 11 is 0. The Morgan fingerprint density at radius 1 is 1.03 bits per heavy atom. The van der Waals surface area contributed by atoms with Gasteiger partial charge in [0.1, 0.15) is 11.4 Å². The Labute approximate surface area is 177 Å². The second kappa shape index (κ2) is 8.19. The number of rotatable bonds is 5. The molecule has 0 aromatic heterocycles. The zero-order valence-corrected chi connectivity index (χ0v) is 17.6. The molecule has 30 heavy (non-hydrogen) atoms. The normalized spacial score (nSPS) is 21.2. The van der Waals surface area contributed by atoms with E-state index in [4.69, 9.17) is 9.47 Å². The van der Waals surface area contributed by atoms with Gasteiger partial charge in [-0.3, -0.25) is 0 Å². The minimum Gasteiger partial charge on any atom is -0.487 e. The van der Waals surface area contributed by atoms with Crippen LogP contribution in [0.1, 0.15) is 37.8 Å². The van der Waals surface area contributed by atoms with Gasteiger partial charge in [-0.2, -0.15) is 0 Å². The SMILES string of the molecule is CCOC(=O)C1=C(C)O[C@@](C)(/C=C\c2ccccc2)[C@@H]1c1cccc2ccccc12.